The van der Waals surface area contributed by atoms with E-state index in [-0.39, 0.29) is 5.69 Å². The number of H-pyrrole nitrogens is 1. The normalized spacial score (nSPS) is 10.7. The summed E-state index contributed by atoms with van der Waals surface area (Å²) in [6.07, 6.45) is 1.44. The number of ether oxygens (including phenoxy) is 1. The molecule has 0 aliphatic carbocycles. The fourth-order valence-corrected chi connectivity index (χ4v) is 2.01. The Hall–Kier alpha value is -2.83. The van der Waals surface area contributed by atoms with E-state index in [1.165, 1.54) is 10.7 Å². The summed E-state index contributed by atoms with van der Waals surface area (Å²) in [6.45, 7) is 3.21. The van der Waals surface area contributed by atoms with E-state index in [0.717, 1.165) is 11.3 Å². The molecule has 2 heterocycles. The highest BCUT2D eigenvalue weighted by molar-refractivity contribution is 5.48. The minimum atomic E-state index is -0.298. The van der Waals surface area contributed by atoms with E-state index in [0.29, 0.717) is 24.6 Å². The lowest BCUT2D eigenvalue weighted by Gasteiger charge is -2.08. The molecule has 0 amide bonds. The first-order valence-corrected chi connectivity index (χ1v) is 6.64. The zero-order valence-electron chi connectivity index (χ0n) is 11.5. The summed E-state index contributed by atoms with van der Waals surface area (Å²) >= 11 is 0. The minimum absolute atomic E-state index is 0.298. The zero-order valence-corrected chi connectivity index (χ0v) is 11.5. The third-order valence-electron chi connectivity index (χ3n) is 2.99. The number of nitrogens with zero attached hydrogens (tertiary/aromatic N) is 3. The molecular formula is C14H15N5O2. The number of aromatic amines is 1. The van der Waals surface area contributed by atoms with Gasteiger partial charge >= 0.3 is 5.69 Å². The second-order valence-electron chi connectivity index (χ2n) is 4.47. The van der Waals surface area contributed by atoms with Crippen LogP contribution in [0.4, 0.5) is 5.82 Å². The van der Waals surface area contributed by atoms with Gasteiger partial charge in [0.1, 0.15) is 17.9 Å². The molecule has 2 aromatic heterocycles. The van der Waals surface area contributed by atoms with E-state index in [1.807, 2.05) is 31.2 Å². The van der Waals surface area contributed by atoms with Crippen LogP contribution >= 0.6 is 0 Å². The lowest BCUT2D eigenvalue weighted by molar-refractivity contribution is 0.340. The van der Waals surface area contributed by atoms with Gasteiger partial charge in [0.05, 0.1) is 6.61 Å². The van der Waals surface area contributed by atoms with E-state index in [9.17, 15) is 4.79 Å². The van der Waals surface area contributed by atoms with Crippen molar-refractivity contribution in [2.45, 2.75) is 13.5 Å². The highest BCUT2D eigenvalue weighted by Crippen LogP contribution is 2.14. The van der Waals surface area contributed by atoms with Gasteiger partial charge in [0.15, 0.2) is 5.65 Å². The molecule has 0 atom stereocenters. The number of anilines is 1. The molecule has 21 heavy (non-hydrogen) atoms. The van der Waals surface area contributed by atoms with Crippen molar-refractivity contribution in [3.8, 4) is 5.75 Å². The van der Waals surface area contributed by atoms with Crippen molar-refractivity contribution in [2.75, 3.05) is 11.9 Å². The summed E-state index contributed by atoms with van der Waals surface area (Å²) in [5.41, 5.74) is 1.32. The van der Waals surface area contributed by atoms with E-state index in [2.05, 4.69) is 20.5 Å². The second-order valence-corrected chi connectivity index (χ2v) is 4.47. The molecule has 2 N–H and O–H groups in total. The van der Waals surface area contributed by atoms with Crippen LogP contribution in [0.25, 0.3) is 5.65 Å². The summed E-state index contributed by atoms with van der Waals surface area (Å²) < 4.78 is 6.81. The first-order valence-electron chi connectivity index (χ1n) is 6.64. The van der Waals surface area contributed by atoms with Gasteiger partial charge in [-0.1, -0.05) is 12.1 Å². The largest absolute Gasteiger partial charge is 0.494 e. The highest BCUT2D eigenvalue weighted by atomic mass is 16.5. The fraction of sp³-hybridized carbons (Fsp3) is 0.214. The molecule has 0 bridgehead atoms. The smallest absolute Gasteiger partial charge is 0.348 e. The molecule has 7 nitrogen and oxygen atoms in total. The minimum Gasteiger partial charge on any atom is -0.494 e. The molecule has 7 heteroatoms. The maximum absolute atomic E-state index is 11.3. The molecule has 0 spiro atoms. The maximum Gasteiger partial charge on any atom is 0.348 e. The quantitative estimate of drug-likeness (QED) is 0.741. The molecule has 0 saturated carbocycles. The number of hydrogen-bond acceptors (Lipinski definition) is 5. The van der Waals surface area contributed by atoms with Crippen LogP contribution in [0.2, 0.25) is 0 Å². The maximum atomic E-state index is 11.3. The Morgan fingerprint density at radius 3 is 3.14 bits per heavy atom. The Labute approximate surface area is 120 Å². The van der Waals surface area contributed by atoms with Crippen LogP contribution in [0.1, 0.15) is 12.5 Å². The number of fused-ring (bicyclic) bond motifs is 1. The van der Waals surface area contributed by atoms with E-state index < -0.39 is 0 Å². The third-order valence-corrected chi connectivity index (χ3v) is 2.99. The monoisotopic (exact) mass is 285 g/mol. The average molecular weight is 285 g/mol. The summed E-state index contributed by atoms with van der Waals surface area (Å²) in [6, 6.07) is 9.57. The Balaban J connectivity index is 1.73. The number of aromatic nitrogens is 4. The molecule has 108 valence electrons. The fourth-order valence-electron chi connectivity index (χ4n) is 2.01. The Kier molecular flexibility index (Phi) is 3.55. The summed E-state index contributed by atoms with van der Waals surface area (Å²) in [7, 11) is 0. The lowest BCUT2D eigenvalue weighted by Crippen LogP contribution is -2.10. The molecule has 3 aromatic rings. The van der Waals surface area contributed by atoms with E-state index in [4.69, 9.17) is 4.74 Å². The van der Waals surface area contributed by atoms with Crippen molar-refractivity contribution in [3.63, 3.8) is 0 Å². The van der Waals surface area contributed by atoms with Crippen LogP contribution in [0.3, 0.4) is 0 Å². The van der Waals surface area contributed by atoms with Gasteiger partial charge in [-0.2, -0.15) is 5.10 Å². The van der Waals surface area contributed by atoms with Crippen LogP contribution in [0.15, 0.2) is 41.5 Å². The van der Waals surface area contributed by atoms with Crippen LogP contribution < -0.4 is 15.7 Å². The molecule has 1 aromatic carbocycles. The van der Waals surface area contributed by atoms with Crippen LogP contribution in [0.5, 0.6) is 5.75 Å². The van der Waals surface area contributed by atoms with Crippen LogP contribution in [-0.4, -0.2) is 26.2 Å². The SMILES string of the molecule is CCOc1cccc(CNc2cc3n[nH]c(=O)n3cn2)c1. The summed E-state index contributed by atoms with van der Waals surface area (Å²) in [5, 5.41) is 9.47. The molecular weight excluding hydrogens is 270 g/mol. The Morgan fingerprint density at radius 1 is 1.38 bits per heavy atom. The van der Waals surface area contributed by atoms with Crippen molar-refractivity contribution < 1.29 is 4.74 Å². The van der Waals surface area contributed by atoms with Gasteiger partial charge in [0, 0.05) is 12.6 Å². The molecule has 0 aliphatic heterocycles. The van der Waals surface area contributed by atoms with E-state index in [1.54, 1.807) is 6.07 Å². The van der Waals surface area contributed by atoms with Crippen molar-refractivity contribution in [3.05, 3.63) is 52.7 Å². The predicted octanol–water partition coefficient (Wildman–Crippen LogP) is 1.43. The van der Waals surface area contributed by atoms with Crippen molar-refractivity contribution >= 4 is 11.5 Å². The molecule has 0 aliphatic rings. The van der Waals surface area contributed by atoms with Crippen molar-refractivity contribution in [2.24, 2.45) is 0 Å². The van der Waals surface area contributed by atoms with Crippen LogP contribution in [-0.2, 0) is 6.54 Å². The summed E-state index contributed by atoms with van der Waals surface area (Å²) in [4.78, 5) is 15.5. The van der Waals surface area contributed by atoms with Gasteiger partial charge < -0.3 is 10.1 Å². The van der Waals surface area contributed by atoms with Gasteiger partial charge in [-0.25, -0.2) is 19.3 Å². The predicted molar refractivity (Wildman–Crippen MR) is 78.5 cm³/mol. The molecule has 0 fully saturated rings. The molecule has 0 radical (unpaired) electrons. The topological polar surface area (TPSA) is 84.3 Å². The summed E-state index contributed by atoms with van der Waals surface area (Å²) in [5.74, 6) is 1.50. The average Bonchev–Trinajstić information content (AvgIpc) is 2.87. The van der Waals surface area contributed by atoms with Crippen LogP contribution in [0, 0.1) is 0 Å². The highest BCUT2D eigenvalue weighted by Gasteiger charge is 2.02. The first kappa shape index (κ1) is 13.2. The van der Waals surface area contributed by atoms with Crippen molar-refractivity contribution in [1.82, 2.24) is 19.6 Å². The Morgan fingerprint density at radius 2 is 2.29 bits per heavy atom. The second kappa shape index (κ2) is 5.66. The number of nitrogens with one attached hydrogen (secondary N) is 2. The number of benzene rings is 1. The van der Waals surface area contributed by atoms with Crippen molar-refractivity contribution in [1.29, 1.82) is 0 Å². The molecule has 0 saturated heterocycles. The number of rotatable bonds is 5. The van der Waals surface area contributed by atoms with Gasteiger partial charge in [-0.15, -0.1) is 0 Å². The Bertz CT molecular complexity index is 808. The first-order chi connectivity index (χ1) is 10.3. The zero-order chi connectivity index (χ0) is 14.7. The van der Waals surface area contributed by atoms with Gasteiger partial charge in [-0.05, 0) is 24.6 Å². The lowest BCUT2D eigenvalue weighted by atomic mass is 10.2. The number of hydrogen-bond donors (Lipinski definition) is 2. The molecule has 0 unspecified atom stereocenters. The molecule has 3 rings (SSSR count). The van der Waals surface area contributed by atoms with E-state index >= 15 is 0 Å². The third kappa shape index (κ3) is 2.86. The van der Waals surface area contributed by atoms with Gasteiger partial charge in [-0.3, -0.25) is 0 Å². The standard InChI is InChI=1S/C14H15N5O2/c1-2-21-11-5-3-4-10(6-11)8-15-12-7-13-17-18-14(20)19(13)9-16-12/h3-7,9,15H,2,8H2,1H3,(H,18,20). The van der Waals surface area contributed by atoms with Gasteiger partial charge in [0.25, 0.3) is 0 Å². The van der Waals surface area contributed by atoms with Gasteiger partial charge in [0.2, 0.25) is 0 Å².